The van der Waals surface area contributed by atoms with Gasteiger partial charge in [0.05, 0.1) is 23.5 Å². The number of rotatable bonds is 5. The topological polar surface area (TPSA) is 90.8 Å². The van der Waals surface area contributed by atoms with Gasteiger partial charge in [0.1, 0.15) is 0 Å². The number of amides is 1. The van der Waals surface area contributed by atoms with Crippen LogP contribution in [0.1, 0.15) is 34.6 Å². The molecule has 1 amide bonds. The largest absolute Gasteiger partial charge is 0.345 e. The van der Waals surface area contributed by atoms with Gasteiger partial charge in [-0.25, -0.2) is 0 Å². The standard InChI is InChI=1S/C16H20N6O2/c1-5-22-8-6-7-12(22)15-18-13(24-20-15)9-17-16(23)14-10(2)19-21(4)11(14)3/h6-8H,5,9H2,1-4H3,(H,17,23). The highest BCUT2D eigenvalue weighted by Gasteiger charge is 2.18. The van der Waals surface area contributed by atoms with Gasteiger partial charge >= 0.3 is 0 Å². The summed E-state index contributed by atoms with van der Waals surface area (Å²) >= 11 is 0. The zero-order valence-electron chi connectivity index (χ0n) is 14.2. The molecule has 3 rings (SSSR count). The molecule has 0 atom stereocenters. The molecule has 0 aromatic carbocycles. The van der Waals surface area contributed by atoms with E-state index >= 15 is 0 Å². The number of aryl methyl sites for hydroxylation is 3. The first-order valence-electron chi connectivity index (χ1n) is 7.77. The fourth-order valence-electron chi connectivity index (χ4n) is 2.67. The Morgan fingerprint density at radius 1 is 1.38 bits per heavy atom. The zero-order chi connectivity index (χ0) is 17.3. The fourth-order valence-corrected chi connectivity index (χ4v) is 2.67. The van der Waals surface area contributed by atoms with Crippen LogP contribution in [0, 0.1) is 13.8 Å². The van der Waals surface area contributed by atoms with Gasteiger partial charge in [0.15, 0.2) is 0 Å². The number of carbonyl (C=O) groups is 1. The maximum Gasteiger partial charge on any atom is 0.255 e. The van der Waals surface area contributed by atoms with Crippen LogP contribution < -0.4 is 5.32 Å². The molecule has 0 radical (unpaired) electrons. The predicted molar refractivity (Wildman–Crippen MR) is 87.3 cm³/mol. The average molecular weight is 328 g/mol. The van der Waals surface area contributed by atoms with Crippen LogP contribution in [-0.4, -0.2) is 30.4 Å². The minimum Gasteiger partial charge on any atom is -0.345 e. The Balaban J connectivity index is 1.71. The highest BCUT2D eigenvalue weighted by molar-refractivity contribution is 5.96. The van der Waals surface area contributed by atoms with Crippen molar-refractivity contribution in [2.24, 2.45) is 7.05 Å². The van der Waals surface area contributed by atoms with Crippen LogP contribution >= 0.6 is 0 Å². The summed E-state index contributed by atoms with van der Waals surface area (Å²) < 4.78 is 8.94. The van der Waals surface area contributed by atoms with Crippen LogP contribution in [0.25, 0.3) is 11.5 Å². The zero-order valence-corrected chi connectivity index (χ0v) is 14.2. The highest BCUT2D eigenvalue weighted by atomic mass is 16.5. The van der Waals surface area contributed by atoms with E-state index in [1.165, 1.54) is 0 Å². The maximum atomic E-state index is 12.4. The van der Waals surface area contributed by atoms with Gasteiger partial charge < -0.3 is 14.4 Å². The first kappa shape index (κ1) is 16.0. The minimum absolute atomic E-state index is 0.173. The Kier molecular flexibility index (Phi) is 4.20. The van der Waals surface area contributed by atoms with Crippen molar-refractivity contribution in [3.63, 3.8) is 0 Å². The SMILES string of the molecule is CCn1cccc1-c1noc(CNC(=O)c2c(C)nn(C)c2C)n1. The van der Waals surface area contributed by atoms with Crippen molar-refractivity contribution in [1.29, 1.82) is 0 Å². The monoisotopic (exact) mass is 328 g/mol. The van der Waals surface area contributed by atoms with E-state index in [1.807, 2.05) is 50.7 Å². The third-order valence-electron chi connectivity index (χ3n) is 4.00. The van der Waals surface area contributed by atoms with E-state index in [0.717, 1.165) is 17.9 Å². The van der Waals surface area contributed by atoms with Gasteiger partial charge in [-0.3, -0.25) is 9.48 Å². The number of hydrogen-bond donors (Lipinski definition) is 1. The molecule has 8 heteroatoms. The molecule has 3 aromatic heterocycles. The molecule has 3 heterocycles. The molecule has 1 N–H and O–H groups in total. The summed E-state index contributed by atoms with van der Waals surface area (Å²) in [7, 11) is 1.81. The van der Waals surface area contributed by atoms with Gasteiger partial charge in [-0.2, -0.15) is 10.1 Å². The van der Waals surface area contributed by atoms with E-state index in [-0.39, 0.29) is 12.5 Å². The van der Waals surface area contributed by atoms with Crippen LogP contribution in [0.3, 0.4) is 0 Å². The van der Waals surface area contributed by atoms with Gasteiger partial charge in [-0.1, -0.05) is 5.16 Å². The summed E-state index contributed by atoms with van der Waals surface area (Å²) in [4.78, 5) is 16.7. The van der Waals surface area contributed by atoms with E-state index in [1.54, 1.807) is 4.68 Å². The van der Waals surface area contributed by atoms with E-state index in [4.69, 9.17) is 4.52 Å². The van der Waals surface area contributed by atoms with Crippen LogP contribution in [0.4, 0.5) is 0 Å². The Morgan fingerprint density at radius 3 is 2.83 bits per heavy atom. The average Bonchev–Trinajstić information content (AvgIpc) is 3.25. The van der Waals surface area contributed by atoms with Crippen molar-refractivity contribution < 1.29 is 9.32 Å². The molecule has 8 nitrogen and oxygen atoms in total. The smallest absolute Gasteiger partial charge is 0.255 e. The Morgan fingerprint density at radius 2 is 2.17 bits per heavy atom. The van der Waals surface area contributed by atoms with Crippen LogP contribution in [-0.2, 0) is 20.1 Å². The van der Waals surface area contributed by atoms with Gasteiger partial charge in [0.2, 0.25) is 11.7 Å². The van der Waals surface area contributed by atoms with Crippen LogP contribution in [0.5, 0.6) is 0 Å². The summed E-state index contributed by atoms with van der Waals surface area (Å²) in [6, 6.07) is 3.86. The summed E-state index contributed by atoms with van der Waals surface area (Å²) in [6.07, 6.45) is 1.96. The molecule has 24 heavy (non-hydrogen) atoms. The molecule has 0 bridgehead atoms. The fraction of sp³-hybridized carbons (Fsp3) is 0.375. The third kappa shape index (κ3) is 2.82. The Hall–Kier alpha value is -2.90. The first-order chi connectivity index (χ1) is 11.5. The second-order valence-corrected chi connectivity index (χ2v) is 5.54. The molecule has 0 aliphatic rings. The minimum atomic E-state index is -0.199. The molecule has 0 unspecified atom stereocenters. The lowest BCUT2D eigenvalue weighted by molar-refractivity contribution is 0.0945. The van der Waals surface area contributed by atoms with E-state index in [0.29, 0.717) is 23.0 Å². The van der Waals surface area contributed by atoms with Crippen molar-refractivity contribution in [1.82, 2.24) is 29.8 Å². The maximum absolute atomic E-state index is 12.4. The Labute approximate surface area is 139 Å². The van der Waals surface area contributed by atoms with Gasteiger partial charge in [-0.15, -0.1) is 0 Å². The molecule has 0 aliphatic carbocycles. The summed E-state index contributed by atoms with van der Waals surface area (Å²) in [5.41, 5.74) is 2.98. The van der Waals surface area contributed by atoms with E-state index in [9.17, 15) is 4.79 Å². The normalized spacial score (nSPS) is 11.0. The van der Waals surface area contributed by atoms with Gasteiger partial charge in [0, 0.05) is 25.5 Å². The number of nitrogens with zero attached hydrogens (tertiary/aromatic N) is 5. The van der Waals surface area contributed by atoms with E-state index < -0.39 is 0 Å². The number of hydrogen-bond acceptors (Lipinski definition) is 5. The van der Waals surface area contributed by atoms with Gasteiger partial charge in [0.25, 0.3) is 5.91 Å². The van der Waals surface area contributed by atoms with Crippen LogP contribution in [0.2, 0.25) is 0 Å². The molecule has 0 saturated carbocycles. The summed E-state index contributed by atoms with van der Waals surface area (Å²) in [6.45, 7) is 6.71. The lowest BCUT2D eigenvalue weighted by Crippen LogP contribution is -2.24. The third-order valence-corrected chi connectivity index (χ3v) is 4.00. The van der Waals surface area contributed by atoms with Crippen molar-refractivity contribution in [3.05, 3.63) is 41.2 Å². The summed E-state index contributed by atoms with van der Waals surface area (Å²) in [5.74, 6) is 0.677. The molecular weight excluding hydrogens is 308 g/mol. The van der Waals surface area contributed by atoms with Crippen molar-refractivity contribution in [2.45, 2.75) is 33.9 Å². The van der Waals surface area contributed by atoms with Crippen molar-refractivity contribution in [3.8, 4) is 11.5 Å². The second-order valence-electron chi connectivity index (χ2n) is 5.54. The lowest BCUT2D eigenvalue weighted by Gasteiger charge is -2.03. The van der Waals surface area contributed by atoms with Crippen molar-refractivity contribution in [2.75, 3.05) is 0 Å². The molecule has 0 spiro atoms. The lowest BCUT2D eigenvalue weighted by atomic mass is 10.2. The highest BCUT2D eigenvalue weighted by Crippen LogP contribution is 2.17. The number of carbonyl (C=O) groups excluding carboxylic acids is 1. The molecular formula is C16H20N6O2. The quantitative estimate of drug-likeness (QED) is 0.771. The summed E-state index contributed by atoms with van der Waals surface area (Å²) in [5, 5.41) is 11.0. The number of aromatic nitrogens is 5. The molecule has 0 fully saturated rings. The Bertz CT molecular complexity index is 873. The molecule has 0 saturated heterocycles. The molecule has 3 aromatic rings. The first-order valence-corrected chi connectivity index (χ1v) is 7.77. The molecule has 0 aliphatic heterocycles. The number of nitrogens with one attached hydrogen (secondary N) is 1. The van der Waals surface area contributed by atoms with E-state index in [2.05, 4.69) is 20.6 Å². The second kappa shape index (κ2) is 6.31. The van der Waals surface area contributed by atoms with Crippen LogP contribution in [0.15, 0.2) is 22.9 Å². The van der Waals surface area contributed by atoms with Crippen molar-refractivity contribution >= 4 is 5.91 Å². The molecule has 126 valence electrons. The van der Waals surface area contributed by atoms with Gasteiger partial charge in [-0.05, 0) is 32.9 Å². The predicted octanol–water partition coefficient (Wildman–Crippen LogP) is 1.84.